The first-order valence-electron chi connectivity index (χ1n) is 5.04. The number of aromatic carboxylic acids is 1. The third kappa shape index (κ3) is 3.90. The first-order chi connectivity index (χ1) is 8.69. The Bertz CT molecular complexity index is 604. The van der Waals surface area contributed by atoms with Crippen molar-refractivity contribution in [3.8, 4) is 0 Å². The molecule has 0 saturated heterocycles. The molecule has 106 valence electrons. The zero-order valence-corrected chi connectivity index (χ0v) is 12.9. The minimum absolute atomic E-state index is 0.0818. The van der Waals surface area contributed by atoms with E-state index in [1.807, 2.05) is 0 Å². The Balaban J connectivity index is 3.32. The van der Waals surface area contributed by atoms with Gasteiger partial charge in [0, 0.05) is 10.5 Å². The number of rotatable bonds is 5. The smallest absolute Gasteiger partial charge is 0.337 e. The van der Waals surface area contributed by atoms with Crippen LogP contribution in [0.25, 0.3) is 0 Å². The molecule has 0 amide bonds. The van der Waals surface area contributed by atoms with Crippen LogP contribution in [0.4, 0.5) is 0 Å². The average molecular weight is 373 g/mol. The minimum atomic E-state index is -3.93. The minimum Gasteiger partial charge on any atom is -0.478 e. The van der Waals surface area contributed by atoms with Crippen LogP contribution in [0, 0.1) is 0 Å². The molecule has 1 rings (SSSR count). The Morgan fingerprint density at radius 3 is 2.58 bits per heavy atom. The van der Waals surface area contributed by atoms with Crippen LogP contribution >= 0.6 is 27.5 Å². The summed E-state index contributed by atoms with van der Waals surface area (Å²) in [6.07, 6.45) is 0. The van der Waals surface area contributed by atoms with Gasteiger partial charge in [-0.25, -0.2) is 17.9 Å². The van der Waals surface area contributed by atoms with Crippen LogP contribution in [-0.2, 0) is 10.0 Å². The molecule has 0 aromatic heterocycles. The SMILES string of the molecule is CC(CO)NS(=O)(=O)c1cc(Br)c(Cl)c(C(=O)O)c1. The van der Waals surface area contributed by atoms with Crippen molar-refractivity contribution in [2.45, 2.75) is 17.9 Å². The van der Waals surface area contributed by atoms with E-state index in [-0.39, 0.29) is 26.6 Å². The molecule has 1 aromatic rings. The molecule has 0 fully saturated rings. The van der Waals surface area contributed by atoms with Gasteiger partial charge in [0.05, 0.1) is 22.1 Å². The van der Waals surface area contributed by atoms with Crippen LogP contribution in [0.3, 0.4) is 0 Å². The highest BCUT2D eigenvalue weighted by molar-refractivity contribution is 9.10. The van der Waals surface area contributed by atoms with E-state index in [0.717, 1.165) is 6.07 Å². The van der Waals surface area contributed by atoms with Crippen LogP contribution in [0.5, 0.6) is 0 Å². The third-order valence-electron chi connectivity index (χ3n) is 2.17. The molecule has 0 bridgehead atoms. The van der Waals surface area contributed by atoms with Crippen LogP contribution in [-0.4, -0.2) is 37.2 Å². The first-order valence-corrected chi connectivity index (χ1v) is 7.70. The number of hydrogen-bond acceptors (Lipinski definition) is 4. The molecule has 3 N–H and O–H groups in total. The van der Waals surface area contributed by atoms with E-state index in [4.69, 9.17) is 21.8 Å². The highest BCUT2D eigenvalue weighted by Crippen LogP contribution is 2.29. The van der Waals surface area contributed by atoms with E-state index < -0.39 is 22.0 Å². The molecule has 0 saturated carbocycles. The van der Waals surface area contributed by atoms with Gasteiger partial charge < -0.3 is 10.2 Å². The fourth-order valence-corrected chi connectivity index (χ4v) is 3.33. The fourth-order valence-electron chi connectivity index (χ4n) is 1.25. The highest BCUT2D eigenvalue weighted by Gasteiger charge is 2.22. The Hall–Kier alpha value is -0.670. The lowest BCUT2D eigenvalue weighted by atomic mass is 10.2. The molecular formula is C10H11BrClNO5S. The number of carboxylic acids is 1. The average Bonchev–Trinajstić information content (AvgIpc) is 2.31. The summed E-state index contributed by atoms with van der Waals surface area (Å²) in [6, 6.07) is 1.47. The van der Waals surface area contributed by atoms with Crippen LogP contribution in [0.15, 0.2) is 21.5 Å². The van der Waals surface area contributed by atoms with Gasteiger partial charge in [-0.2, -0.15) is 0 Å². The maximum atomic E-state index is 12.0. The molecule has 19 heavy (non-hydrogen) atoms. The van der Waals surface area contributed by atoms with Gasteiger partial charge in [0.15, 0.2) is 0 Å². The van der Waals surface area contributed by atoms with Crippen molar-refractivity contribution in [1.82, 2.24) is 4.72 Å². The molecule has 1 atom stereocenters. The summed E-state index contributed by atoms with van der Waals surface area (Å²) in [5.74, 6) is -1.34. The summed E-state index contributed by atoms with van der Waals surface area (Å²) < 4.78 is 26.3. The van der Waals surface area contributed by atoms with Gasteiger partial charge >= 0.3 is 5.97 Å². The lowest BCUT2D eigenvalue weighted by Crippen LogP contribution is -2.35. The van der Waals surface area contributed by atoms with Crippen LogP contribution < -0.4 is 4.72 Å². The van der Waals surface area contributed by atoms with Crippen molar-refractivity contribution >= 4 is 43.5 Å². The van der Waals surface area contributed by atoms with Gasteiger partial charge in [-0.15, -0.1) is 0 Å². The second-order valence-electron chi connectivity index (χ2n) is 3.78. The van der Waals surface area contributed by atoms with Crippen molar-refractivity contribution in [3.63, 3.8) is 0 Å². The molecule has 1 aromatic carbocycles. The lowest BCUT2D eigenvalue weighted by Gasteiger charge is -2.13. The van der Waals surface area contributed by atoms with E-state index in [9.17, 15) is 13.2 Å². The predicted octanol–water partition coefficient (Wildman–Crippen LogP) is 1.46. The first kappa shape index (κ1) is 16.4. The molecule has 0 aliphatic carbocycles. The largest absolute Gasteiger partial charge is 0.478 e. The summed E-state index contributed by atoms with van der Waals surface area (Å²) in [5, 5.41) is 17.7. The Morgan fingerprint density at radius 2 is 2.11 bits per heavy atom. The third-order valence-corrected chi connectivity index (χ3v) is 5.00. The maximum absolute atomic E-state index is 12.0. The molecule has 6 nitrogen and oxygen atoms in total. The predicted molar refractivity (Wildman–Crippen MR) is 73.0 cm³/mol. The van der Waals surface area contributed by atoms with Crippen LogP contribution in [0.2, 0.25) is 5.02 Å². The van der Waals surface area contributed by atoms with Crippen molar-refractivity contribution in [1.29, 1.82) is 0 Å². The number of halogens is 2. The zero-order valence-electron chi connectivity index (χ0n) is 9.72. The van der Waals surface area contributed by atoms with E-state index in [2.05, 4.69) is 20.7 Å². The van der Waals surface area contributed by atoms with Crippen molar-refractivity contribution < 1.29 is 23.4 Å². The number of benzene rings is 1. The number of carboxylic acid groups (broad SMARTS) is 1. The normalized spacial score (nSPS) is 13.3. The molecule has 0 spiro atoms. The number of hydrogen-bond donors (Lipinski definition) is 3. The standard InChI is InChI=1S/C10H11BrClNO5S/c1-5(4-14)13-19(17,18)6-2-7(10(15)16)9(12)8(11)3-6/h2-3,5,13-14H,4H2,1H3,(H,15,16). The van der Waals surface area contributed by atoms with Crippen molar-refractivity contribution in [2.75, 3.05) is 6.61 Å². The number of carbonyl (C=O) groups is 1. The summed E-state index contributed by atoms with van der Waals surface area (Å²) in [6.45, 7) is 1.10. The number of aliphatic hydroxyl groups excluding tert-OH is 1. The van der Waals surface area contributed by atoms with Crippen LogP contribution in [0.1, 0.15) is 17.3 Å². The van der Waals surface area contributed by atoms with E-state index in [1.165, 1.54) is 13.0 Å². The Labute approximate surface area is 123 Å². The Kier molecular flexibility index (Phi) is 5.34. The molecule has 9 heteroatoms. The molecule has 0 radical (unpaired) electrons. The number of nitrogens with one attached hydrogen (secondary N) is 1. The topological polar surface area (TPSA) is 104 Å². The van der Waals surface area contributed by atoms with Crippen molar-refractivity contribution in [2.24, 2.45) is 0 Å². The number of sulfonamides is 1. The van der Waals surface area contributed by atoms with E-state index in [0.29, 0.717) is 0 Å². The van der Waals surface area contributed by atoms with E-state index >= 15 is 0 Å². The van der Waals surface area contributed by atoms with Gasteiger partial charge in [-0.3, -0.25) is 0 Å². The highest BCUT2D eigenvalue weighted by atomic mass is 79.9. The molecule has 0 aliphatic rings. The van der Waals surface area contributed by atoms with Gasteiger partial charge in [-0.1, -0.05) is 11.6 Å². The Morgan fingerprint density at radius 1 is 1.53 bits per heavy atom. The van der Waals surface area contributed by atoms with Gasteiger partial charge in [0.2, 0.25) is 10.0 Å². The second kappa shape index (κ2) is 6.19. The van der Waals surface area contributed by atoms with Gasteiger partial charge in [-0.05, 0) is 35.0 Å². The molecular weight excluding hydrogens is 362 g/mol. The van der Waals surface area contributed by atoms with Gasteiger partial charge in [0.1, 0.15) is 0 Å². The molecule has 0 heterocycles. The summed E-state index contributed by atoms with van der Waals surface area (Å²) in [4.78, 5) is 10.7. The molecule has 1 unspecified atom stereocenters. The number of aliphatic hydroxyl groups is 1. The van der Waals surface area contributed by atoms with Gasteiger partial charge in [0.25, 0.3) is 0 Å². The summed E-state index contributed by atoms with van der Waals surface area (Å²) >= 11 is 8.76. The molecule has 0 aliphatic heterocycles. The summed E-state index contributed by atoms with van der Waals surface area (Å²) in [5.41, 5.74) is -0.326. The quantitative estimate of drug-likeness (QED) is 0.726. The summed E-state index contributed by atoms with van der Waals surface area (Å²) in [7, 11) is -3.93. The lowest BCUT2D eigenvalue weighted by molar-refractivity contribution is 0.0696. The second-order valence-corrected chi connectivity index (χ2v) is 6.72. The van der Waals surface area contributed by atoms with Crippen molar-refractivity contribution in [3.05, 3.63) is 27.2 Å². The monoisotopic (exact) mass is 371 g/mol. The maximum Gasteiger partial charge on any atom is 0.337 e. The zero-order chi connectivity index (χ0) is 14.8. The van der Waals surface area contributed by atoms with E-state index in [1.54, 1.807) is 0 Å². The fraction of sp³-hybridized carbons (Fsp3) is 0.300.